The fraction of sp³-hybridized carbons (Fsp3) is 0.348. The second kappa shape index (κ2) is 10.1. The number of amides is 4. The van der Waals surface area contributed by atoms with Gasteiger partial charge >= 0.3 is 6.03 Å². The monoisotopic (exact) mass is 473 g/mol. The number of anilines is 2. The third-order valence-electron chi connectivity index (χ3n) is 5.85. The second-order valence-corrected chi connectivity index (χ2v) is 8.45. The zero-order valence-electron chi connectivity index (χ0n) is 18.0. The minimum atomic E-state index is -0.367. The fourth-order valence-electron chi connectivity index (χ4n) is 3.91. The Morgan fingerprint density at radius 1 is 0.879 bits per heavy atom. The number of piperazine rings is 2. The first-order valence-corrected chi connectivity index (χ1v) is 11.1. The van der Waals surface area contributed by atoms with Gasteiger partial charge in [-0.05, 0) is 48.5 Å². The van der Waals surface area contributed by atoms with Crippen molar-refractivity contribution in [1.29, 1.82) is 0 Å². The molecule has 174 valence electrons. The molecule has 2 aliphatic rings. The molecule has 2 fully saturated rings. The number of carbonyl (C=O) groups excluding carboxylic acids is 3. The average Bonchev–Trinajstić information content (AvgIpc) is 2.82. The molecule has 0 saturated carbocycles. The van der Waals surface area contributed by atoms with Gasteiger partial charge in [-0.1, -0.05) is 11.6 Å². The van der Waals surface area contributed by atoms with Crippen LogP contribution in [0.3, 0.4) is 0 Å². The molecule has 10 heteroatoms. The Hall–Kier alpha value is -3.33. The number of rotatable bonds is 4. The highest BCUT2D eigenvalue weighted by molar-refractivity contribution is 6.30. The van der Waals surface area contributed by atoms with Gasteiger partial charge in [-0.2, -0.15) is 0 Å². The van der Waals surface area contributed by atoms with Crippen LogP contribution in [-0.2, 0) is 9.59 Å². The van der Waals surface area contributed by atoms with Crippen molar-refractivity contribution < 1.29 is 18.8 Å². The van der Waals surface area contributed by atoms with Gasteiger partial charge < -0.3 is 24.9 Å². The topological polar surface area (TPSA) is 76.2 Å². The molecule has 2 heterocycles. The molecule has 0 bridgehead atoms. The Morgan fingerprint density at radius 3 is 2.15 bits per heavy atom. The highest BCUT2D eigenvalue weighted by Gasteiger charge is 2.30. The van der Waals surface area contributed by atoms with Crippen molar-refractivity contribution in [3.05, 3.63) is 59.4 Å². The molecule has 4 amide bonds. The van der Waals surface area contributed by atoms with Crippen LogP contribution in [0.5, 0.6) is 0 Å². The lowest BCUT2D eigenvalue weighted by molar-refractivity contribution is -0.143. The summed E-state index contributed by atoms with van der Waals surface area (Å²) in [4.78, 5) is 44.5. The molecule has 2 saturated heterocycles. The predicted molar refractivity (Wildman–Crippen MR) is 124 cm³/mol. The first-order valence-electron chi connectivity index (χ1n) is 10.8. The molecule has 4 rings (SSSR count). The summed E-state index contributed by atoms with van der Waals surface area (Å²) in [5.41, 5.74) is 1.51. The number of nitrogens with zero attached hydrogens (tertiary/aromatic N) is 4. The van der Waals surface area contributed by atoms with Gasteiger partial charge in [0.2, 0.25) is 11.8 Å². The summed E-state index contributed by atoms with van der Waals surface area (Å²) in [5.74, 6) is -0.647. The average molecular weight is 474 g/mol. The molecule has 2 aromatic carbocycles. The van der Waals surface area contributed by atoms with Crippen molar-refractivity contribution in [2.45, 2.75) is 0 Å². The summed E-state index contributed by atoms with van der Waals surface area (Å²) in [5, 5.41) is 3.31. The summed E-state index contributed by atoms with van der Waals surface area (Å²) < 4.78 is 13.1. The molecule has 33 heavy (non-hydrogen) atoms. The zero-order chi connectivity index (χ0) is 23.4. The number of hydrogen-bond donors (Lipinski definition) is 1. The molecule has 1 N–H and O–H groups in total. The van der Waals surface area contributed by atoms with E-state index in [-0.39, 0.29) is 36.8 Å². The summed E-state index contributed by atoms with van der Waals surface area (Å²) >= 11 is 5.85. The first-order chi connectivity index (χ1) is 15.9. The summed E-state index contributed by atoms with van der Waals surface area (Å²) in [6.07, 6.45) is 0. The third-order valence-corrected chi connectivity index (χ3v) is 6.10. The van der Waals surface area contributed by atoms with Crippen LogP contribution >= 0.6 is 11.6 Å². The summed E-state index contributed by atoms with van der Waals surface area (Å²) in [6.45, 7) is 2.92. The lowest BCUT2D eigenvalue weighted by Crippen LogP contribution is -2.57. The lowest BCUT2D eigenvalue weighted by Gasteiger charge is -2.38. The molecular formula is C23H25ClFN5O3. The van der Waals surface area contributed by atoms with Gasteiger partial charge in [0.15, 0.2) is 0 Å². The van der Waals surface area contributed by atoms with Gasteiger partial charge in [0.05, 0.1) is 6.54 Å². The van der Waals surface area contributed by atoms with Crippen molar-refractivity contribution >= 4 is 40.8 Å². The maximum Gasteiger partial charge on any atom is 0.322 e. The molecule has 0 unspecified atom stereocenters. The standard InChI is InChI=1S/C23H25ClFN5O3/c24-17-1-5-19(6-2-17)26-23(33)30-14-13-29(22(32)16-30)15-21(31)28-11-9-27(10-12-28)20-7-3-18(25)4-8-20/h1-8H,9-16H2,(H,26,33). The Balaban J connectivity index is 1.23. The predicted octanol–water partition coefficient (Wildman–Crippen LogP) is 2.50. The highest BCUT2D eigenvalue weighted by atomic mass is 35.5. The molecule has 2 aromatic rings. The van der Waals surface area contributed by atoms with Crippen molar-refractivity contribution in [2.24, 2.45) is 0 Å². The van der Waals surface area contributed by atoms with Crippen molar-refractivity contribution in [3.63, 3.8) is 0 Å². The normalized spacial score (nSPS) is 16.7. The van der Waals surface area contributed by atoms with Crippen LogP contribution in [-0.4, -0.2) is 84.9 Å². The van der Waals surface area contributed by atoms with Crippen LogP contribution in [0, 0.1) is 5.82 Å². The Morgan fingerprint density at radius 2 is 1.52 bits per heavy atom. The van der Waals surface area contributed by atoms with E-state index < -0.39 is 0 Å². The molecule has 0 aliphatic carbocycles. The maximum absolute atomic E-state index is 13.1. The second-order valence-electron chi connectivity index (χ2n) is 8.02. The number of nitrogens with one attached hydrogen (secondary N) is 1. The van der Waals surface area contributed by atoms with Crippen molar-refractivity contribution in [3.8, 4) is 0 Å². The van der Waals surface area contributed by atoms with E-state index >= 15 is 0 Å². The zero-order valence-corrected chi connectivity index (χ0v) is 18.8. The maximum atomic E-state index is 13.1. The number of hydrogen-bond acceptors (Lipinski definition) is 4. The Labute approximate surface area is 196 Å². The van der Waals surface area contributed by atoms with Gasteiger partial charge in [-0.15, -0.1) is 0 Å². The van der Waals surface area contributed by atoms with Crippen LogP contribution < -0.4 is 10.2 Å². The smallest absolute Gasteiger partial charge is 0.322 e. The van der Waals surface area contributed by atoms with Crippen LogP contribution in [0.4, 0.5) is 20.6 Å². The first kappa shape index (κ1) is 22.8. The van der Waals surface area contributed by atoms with Crippen LogP contribution in [0.25, 0.3) is 0 Å². The Bertz CT molecular complexity index is 1010. The van der Waals surface area contributed by atoms with E-state index in [1.165, 1.54) is 21.9 Å². The number of carbonyl (C=O) groups is 3. The molecular weight excluding hydrogens is 449 g/mol. The number of benzene rings is 2. The Kier molecular flexibility index (Phi) is 6.98. The van der Waals surface area contributed by atoms with Crippen molar-refractivity contribution in [2.75, 3.05) is 62.6 Å². The molecule has 0 atom stereocenters. The van der Waals surface area contributed by atoms with Crippen LogP contribution in [0.2, 0.25) is 5.02 Å². The summed E-state index contributed by atoms with van der Waals surface area (Å²) in [6, 6.07) is 12.7. The minimum Gasteiger partial charge on any atom is -0.368 e. The van der Waals surface area contributed by atoms with Gasteiger partial charge in [-0.25, -0.2) is 9.18 Å². The minimum absolute atomic E-state index is 0.00201. The van der Waals surface area contributed by atoms with E-state index in [4.69, 9.17) is 11.6 Å². The van der Waals surface area contributed by atoms with E-state index in [0.29, 0.717) is 50.0 Å². The van der Waals surface area contributed by atoms with E-state index in [9.17, 15) is 18.8 Å². The van der Waals surface area contributed by atoms with Crippen LogP contribution in [0.1, 0.15) is 0 Å². The molecule has 0 radical (unpaired) electrons. The van der Waals surface area contributed by atoms with E-state index in [1.807, 2.05) is 0 Å². The van der Waals surface area contributed by atoms with Crippen molar-refractivity contribution in [1.82, 2.24) is 14.7 Å². The molecule has 2 aliphatic heterocycles. The van der Waals surface area contributed by atoms with Gasteiger partial charge in [0.1, 0.15) is 12.4 Å². The van der Waals surface area contributed by atoms with E-state index in [0.717, 1.165) is 5.69 Å². The molecule has 8 nitrogen and oxygen atoms in total. The fourth-order valence-corrected chi connectivity index (χ4v) is 4.04. The molecule has 0 spiro atoms. The quantitative estimate of drug-likeness (QED) is 0.740. The number of urea groups is 1. The number of halogens is 2. The highest BCUT2D eigenvalue weighted by Crippen LogP contribution is 2.18. The van der Waals surface area contributed by atoms with Crippen LogP contribution in [0.15, 0.2) is 48.5 Å². The third kappa shape index (κ3) is 5.73. The lowest BCUT2D eigenvalue weighted by atomic mass is 10.2. The van der Waals surface area contributed by atoms with Gasteiger partial charge in [-0.3, -0.25) is 9.59 Å². The largest absolute Gasteiger partial charge is 0.368 e. The van der Waals surface area contributed by atoms with Gasteiger partial charge in [0, 0.05) is 55.7 Å². The molecule has 0 aromatic heterocycles. The SMILES string of the molecule is O=C(CN1CCN(C(=O)Nc2ccc(Cl)cc2)CC1=O)N1CCN(c2ccc(F)cc2)CC1. The van der Waals surface area contributed by atoms with E-state index in [1.54, 1.807) is 41.3 Å². The van der Waals surface area contributed by atoms with E-state index in [2.05, 4.69) is 10.2 Å². The summed E-state index contributed by atoms with van der Waals surface area (Å²) in [7, 11) is 0. The van der Waals surface area contributed by atoms with Gasteiger partial charge in [0.25, 0.3) is 0 Å².